The molecule has 12 nitrogen and oxygen atoms in total. The number of ether oxygens (including phenoxy) is 2. The lowest BCUT2D eigenvalue weighted by Crippen LogP contribution is -2.17. The fourth-order valence-corrected chi connectivity index (χ4v) is 4.12. The van der Waals surface area contributed by atoms with Crippen molar-refractivity contribution in [3.05, 3.63) is 69.5 Å². The van der Waals surface area contributed by atoms with E-state index >= 15 is 0 Å². The normalized spacial score (nSPS) is 16.5. The summed E-state index contributed by atoms with van der Waals surface area (Å²) in [4.78, 5) is 65.9. The highest BCUT2D eigenvalue weighted by Gasteiger charge is 2.25. The summed E-state index contributed by atoms with van der Waals surface area (Å²) < 4.78 is 9.94. The van der Waals surface area contributed by atoms with Crippen LogP contribution in [-0.2, 0) is 19.2 Å². The maximum atomic E-state index is 11.3. The number of aliphatic carboxylic acids is 2. The molecule has 4 amide bonds. The zero-order valence-electron chi connectivity index (χ0n) is 19.2. The molecule has 0 saturated carbocycles. The lowest BCUT2D eigenvalue weighted by Gasteiger charge is -2.03. The molecule has 14 heteroatoms. The van der Waals surface area contributed by atoms with Crippen LogP contribution in [0.15, 0.2) is 58.3 Å². The van der Waals surface area contributed by atoms with Gasteiger partial charge < -0.3 is 19.7 Å². The van der Waals surface area contributed by atoms with Crippen molar-refractivity contribution in [1.82, 2.24) is 10.6 Å². The Labute approximate surface area is 223 Å². The minimum Gasteiger partial charge on any atom is -0.482 e. The molecule has 4 N–H and O–H groups in total. The van der Waals surface area contributed by atoms with E-state index in [1.807, 2.05) is 0 Å². The first kappa shape index (κ1) is 28.0. The molecule has 38 heavy (non-hydrogen) atoms. The van der Waals surface area contributed by atoms with Crippen molar-refractivity contribution in [1.29, 1.82) is 0 Å². The SMILES string of the molecule is O=C(O)COc1ccc(/C=C2\SC(=O)NC2=O)cc1.O=C(O)COc1ccc(/C=C2\SC(=O)NC2=O)cc1. The van der Waals surface area contributed by atoms with Gasteiger partial charge in [0, 0.05) is 0 Å². The van der Waals surface area contributed by atoms with E-state index < -0.39 is 47.4 Å². The number of carboxylic acid groups (broad SMARTS) is 2. The first-order valence-corrected chi connectivity index (χ1v) is 12.1. The van der Waals surface area contributed by atoms with Gasteiger partial charge in [-0.15, -0.1) is 0 Å². The minimum atomic E-state index is -1.05. The van der Waals surface area contributed by atoms with Gasteiger partial charge in [-0.2, -0.15) is 0 Å². The Bertz CT molecular complexity index is 1230. The summed E-state index contributed by atoms with van der Waals surface area (Å²) in [7, 11) is 0. The van der Waals surface area contributed by atoms with Crippen molar-refractivity contribution >= 4 is 69.9 Å². The van der Waals surface area contributed by atoms with E-state index in [9.17, 15) is 28.8 Å². The third-order valence-electron chi connectivity index (χ3n) is 4.36. The van der Waals surface area contributed by atoms with Gasteiger partial charge in [-0.05, 0) is 71.1 Å². The van der Waals surface area contributed by atoms with Crippen LogP contribution in [0.2, 0.25) is 0 Å². The molecule has 2 aliphatic heterocycles. The molecule has 0 bridgehead atoms. The molecule has 0 atom stereocenters. The maximum absolute atomic E-state index is 11.3. The molecule has 0 aromatic heterocycles. The molecule has 2 aromatic carbocycles. The number of rotatable bonds is 8. The van der Waals surface area contributed by atoms with Crippen molar-refractivity contribution in [2.24, 2.45) is 0 Å². The van der Waals surface area contributed by atoms with E-state index in [4.69, 9.17) is 19.7 Å². The Morgan fingerprint density at radius 1 is 0.658 bits per heavy atom. The van der Waals surface area contributed by atoms with Gasteiger partial charge in [0.1, 0.15) is 11.5 Å². The lowest BCUT2D eigenvalue weighted by atomic mass is 10.2. The van der Waals surface area contributed by atoms with Crippen LogP contribution in [0.4, 0.5) is 9.59 Å². The van der Waals surface area contributed by atoms with E-state index in [1.165, 1.54) is 0 Å². The van der Waals surface area contributed by atoms with Gasteiger partial charge in [0.15, 0.2) is 13.2 Å². The Morgan fingerprint density at radius 2 is 1.00 bits per heavy atom. The van der Waals surface area contributed by atoms with Crippen molar-refractivity contribution in [2.75, 3.05) is 13.2 Å². The molecule has 0 unspecified atom stereocenters. The first-order valence-electron chi connectivity index (χ1n) is 10.5. The van der Waals surface area contributed by atoms with Crippen molar-refractivity contribution in [2.45, 2.75) is 0 Å². The van der Waals surface area contributed by atoms with E-state index in [0.29, 0.717) is 21.3 Å². The zero-order valence-corrected chi connectivity index (χ0v) is 20.8. The molecular formula is C24H18N2O10S2. The van der Waals surface area contributed by atoms with Crippen molar-refractivity contribution in [3.8, 4) is 11.5 Å². The number of carbonyl (C=O) groups is 6. The first-order chi connectivity index (χ1) is 18.1. The number of nitrogens with one attached hydrogen (secondary N) is 2. The smallest absolute Gasteiger partial charge is 0.341 e. The van der Waals surface area contributed by atoms with E-state index in [-0.39, 0.29) is 0 Å². The lowest BCUT2D eigenvalue weighted by molar-refractivity contribution is -0.140. The number of hydrogen-bond acceptors (Lipinski definition) is 10. The van der Waals surface area contributed by atoms with Crippen molar-refractivity contribution < 1.29 is 48.5 Å². The van der Waals surface area contributed by atoms with E-state index in [2.05, 4.69) is 10.6 Å². The standard InChI is InChI=1S/2C12H9NO5S/c2*14-10(15)6-18-8-3-1-7(2-4-8)5-9-11(16)13-12(17)19-9/h2*1-5H,6H2,(H,14,15)(H,13,16,17)/b2*9-5-. The second kappa shape index (κ2) is 13.1. The van der Waals surface area contributed by atoms with Crippen LogP contribution in [0.25, 0.3) is 12.2 Å². The summed E-state index contributed by atoms with van der Waals surface area (Å²) in [6.45, 7) is -0.819. The number of thioether (sulfide) groups is 2. The largest absolute Gasteiger partial charge is 0.482 e. The minimum absolute atomic E-state index is 0.323. The highest BCUT2D eigenvalue weighted by atomic mass is 32.2. The molecule has 2 fully saturated rings. The van der Waals surface area contributed by atoms with Gasteiger partial charge in [-0.3, -0.25) is 29.8 Å². The third-order valence-corrected chi connectivity index (χ3v) is 5.99. The Kier molecular flexibility index (Phi) is 9.67. The Balaban J connectivity index is 0.000000211. The van der Waals surface area contributed by atoms with Gasteiger partial charge in [0.2, 0.25) is 0 Å². The predicted molar refractivity (Wildman–Crippen MR) is 137 cm³/mol. The topological polar surface area (TPSA) is 185 Å². The highest BCUT2D eigenvalue weighted by molar-refractivity contribution is 8.18. The third kappa shape index (κ3) is 8.83. The average Bonchev–Trinajstić information content (AvgIpc) is 3.36. The number of benzene rings is 2. The molecule has 0 aliphatic carbocycles. The monoisotopic (exact) mass is 558 g/mol. The molecular weight excluding hydrogens is 540 g/mol. The van der Waals surface area contributed by atoms with E-state index in [1.54, 1.807) is 60.7 Å². The summed E-state index contributed by atoms with van der Waals surface area (Å²) >= 11 is 1.68. The number of carboxylic acids is 2. The van der Waals surface area contributed by atoms with Crippen LogP contribution in [-0.4, -0.2) is 57.7 Å². The molecule has 4 rings (SSSR count). The van der Waals surface area contributed by atoms with Gasteiger partial charge in [0.05, 0.1) is 9.81 Å². The number of amides is 4. The molecule has 2 aliphatic rings. The molecule has 0 radical (unpaired) electrons. The molecule has 0 spiro atoms. The molecule has 196 valence electrons. The summed E-state index contributed by atoms with van der Waals surface area (Å²) in [5.41, 5.74) is 1.44. The summed E-state index contributed by atoms with van der Waals surface area (Å²) in [5, 5.41) is 20.5. The Hall–Kier alpha value is -4.56. The quantitative estimate of drug-likeness (QED) is 0.348. The zero-order chi connectivity index (χ0) is 27.7. The van der Waals surface area contributed by atoms with Gasteiger partial charge in [-0.1, -0.05) is 24.3 Å². The van der Waals surface area contributed by atoms with Gasteiger partial charge in [0.25, 0.3) is 22.3 Å². The Morgan fingerprint density at radius 3 is 1.26 bits per heavy atom. The van der Waals surface area contributed by atoms with Crippen LogP contribution in [0.3, 0.4) is 0 Å². The molecule has 2 saturated heterocycles. The van der Waals surface area contributed by atoms with Gasteiger partial charge in [-0.25, -0.2) is 9.59 Å². The number of carbonyl (C=O) groups excluding carboxylic acids is 4. The number of imide groups is 2. The average molecular weight is 559 g/mol. The summed E-state index contributed by atoms with van der Waals surface area (Å²) in [6.07, 6.45) is 3.15. The maximum Gasteiger partial charge on any atom is 0.341 e. The van der Waals surface area contributed by atoms with E-state index in [0.717, 1.165) is 34.7 Å². The van der Waals surface area contributed by atoms with Crippen LogP contribution in [0.5, 0.6) is 11.5 Å². The fraction of sp³-hybridized carbons (Fsp3) is 0.0833. The second-order valence-corrected chi connectivity index (χ2v) is 9.24. The highest BCUT2D eigenvalue weighted by Crippen LogP contribution is 2.27. The summed E-state index contributed by atoms with van der Waals surface area (Å²) in [5.74, 6) is -2.09. The second-order valence-electron chi connectivity index (χ2n) is 7.21. The van der Waals surface area contributed by atoms with Crippen LogP contribution in [0, 0.1) is 0 Å². The molecule has 2 heterocycles. The van der Waals surface area contributed by atoms with Gasteiger partial charge >= 0.3 is 11.9 Å². The van der Waals surface area contributed by atoms with Crippen LogP contribution in [0.1, 0.15) is 11.1 Å². The van der Waals surface area contributed by atoms with Crippen molar-refractivity contribution in [3.63, 3.8) is 0 Å². The fourth-order valence-electron chi connectivity index (χ4n) is 2.76. The number of hydrogen-bond donors (Lipinski definition) is 4. The summed E-state index contributed by atoms with van der Waals surface area (Å²) in [6, 6.07) is 13.0. The van der Waals surface area contributed by atoms with Crippen LogP contribution < -0.4 is 20.1 Å². The molecule has 2 aromatic rings. The van der Waals surface area contributed by atoms with Crippen LogP contribution >= 0.6 is 23.5 Å². The predicted octanol–water partition coefficient (Wildman–Crippen LogP) is 2.95.